The lowest BCUT2D eigenvalue weighted by Crippen LogP contribution is -2.37. The van der Waals surface area contributed by atoms with E-state index in [2.05, 4.69) is 10.6 Å². The molecular formula is C9H15N3O4. The van der Waals surface area contributed by atoms with E-state index >= 15 is 0 Å². The van der Waals surface area contributed by atoms with E-state index in [0.29, 0.717) is 13.1 Å². The number of rotatable bonds is 6. The molecule has 16 heavy (non-hydrogen) atoms. The summed E-state index contributed by atoms with van der Waals surface area (Å²) in [5, 5.41) is 21.2. The molecule has 1 unspecified atom stereocenters. The Labute approximate surface area is 92.7 Å². The largest absolute Gasteiger partial charge is 0.477 e. The molecule has 7 nitrogen and oxygen atoms in total. The Morgan fingerprint density at radius 1 is 1.81 bits per heavy atom. The molecule has 90 valence electrons. The van der Waals surface area contributed by atoms with Gasteiger partial charge < -0.3 is 20.5 Å². The number of hydrogen-bond donors (Lipinski definition) is 4. The van der Waals surface area contributed by atoms with E-state index in [1.807, 2.05) is 0 Å². The summed E-state index contributed by atoms with van der Waals surface area (Å²) in [6.45, 7) is 2.68. The summed E-state index contributed by atoms with van der Waals surface area (Å²) in [4.78, 5) is 21.1. The number of carbonyl (C=O) groups excluding carboxylic acids is 1. The maximum atomic E-state index is 10.7. The van der Waals surface area contributed by atoms with Crippen LogP contribution in [0.15, 0.2) is 0 Å². The quantitative estimate of drug-likeness (QED) is 0.462. The summed E-state index contributed by atoms with van der Waals surface area (Å²) in [7, 11) is 0. The van der Waals surface area contributed by atoms with Gasteiger partial charge in [0, 0.05) is 19.0 Å². The van der Waals surface area contributed by atoms with Crippen LogP contribution in [-0.4, -0.2) is 48.1 Å². The highest BCUT2D eigenvalue weighted by atomic mass is 16.6. The van der Waals surface area contributed by atoms with Crippen molar-refractivity contribution in [2.24, 2.45) is 0 Å². The molecule has 2 atom stereocenters. The average Bonchev–Trinajstić information content (AvgIpc) is 2.61. The fourth-order valence-electron chi connectivity index (χ4n) is 1.34. The normalized spacial score (nSPS) is 21.1. The summed E-state index contributed by atoms with van der Waals surface area (Å²) < 4.78 is 4.88. The predicted octanol–water partition coefficient (Wildman–Crippen LogP) is -0.433. The van der Waals surface area contributed by atoms with Crippen molar-refractivity contribution in [3.05, 3.63) is 0 Å². The Bertz CT molecular complexity index is 305. The van der Waals surface area contributed by atoms with Crippen molar-refractivity contribution >= 4 is 17.8 Å². The molecule has 0 spiro atoms. The van der Waals surface area contributed by atoms with E-state index in [9.17, 15) is 9.59 Å². The van der Waals surface area contributed by atoms with Crippen molar-refractivity contribution in [3.63, 3.8) is 0 Å². The number of carboxylic acids is 1. The van der Waals surface area contributed by atoms with E-state index in [0.717, 1.165) is 0 Å². The Morgan fingerprint density at radius 3 is 3.00 bits per heavy atom. The Morgan fingerprint density at radius 2 is 2.50 bits per heavy atom. The number of alkyl carbamates (subject to hydrolysis) is 1. The highest BCUT2D eigenvalue weighted by Crippen LogP contribution is 2.00. The van der Waals surface area contributed by atoms with Gasteiger partial charge in [0.1, 0.15) is 11.8 Å². The molecule has 1 saturated heterocycles. The van der Waals surface area contributed by atoms with Crippen LogP contribution in [0.4, 0.5) is 4.79 Å². The molecule has 0 radical (unpaired) electrons. The van der Waals surface area contributed by atoms with Crippen LogP contribution in [0.25, 0.3) is 0 Å². The summed E-state index contributed by atoms with van der Waals surface area (Å²) in [6.07, 6.45) is -0.518. The van der Waals surface area contributed by atoms with Crippen molar-refractivity contribution in [2.75, 3.05) is 13.1 Å². The maximum Gasteiger partial charge on any atom is 0.407 e. The van der Waals surface area contributed by atoms with Gasteiger partial charge in [-0.2, -0.15) is 0 Å². The van der Waals surface area contributed by atoms with Crippen molar-refractivity contribution in [1.82, 2.24) is 10.6 Å². The van der Waals surface area contributed by atoms with Gasteiger partial charge in [-0.25, -0.2) is 9.59 Å². The fraction of sp³-hybridized carbons (Fsp3) is 0.667. The molecule has 0 aromatic carbocycles. The number of cyclic esters (lactones) is 1. The zero-order valence-electron chi connectivity index (χ0n) is 8.95. The first-order valence-corrected chi connectivity index (χ1v) is 4.97. The SMILES string of the molecule is CC(CC(=N)C(=O)O)NC[C@H]1CNC(=O)O1. The number of nitrogens with one attached hydrogen (secondary N) is 3. The Balaban J connectivity index is 2.20. The summed E-state index contributed by atoms with van der Waals surface area (Å²) in [5.74, 6) is -1.21. The second kappa shape index (κ2) is 5.45. The van der Waals surface area contributed by atoms with Crippen LogP contribution in [0.5, 0.6) is 0 Å². The highest BCUT2D eigenvalue weighted by Gasteiger charge is 2.22. The molecule has 1 amide bonds. The third-order valence-electron chi connectivity index (χ3n) is 2.21. The molecule has 1 rings (SSSR count). The second-order valence-corrected chi connectivity index (χ2v) is 3.71. The lowest BCUT2D eigenvalue weighted by Gasteiger charge is -2.15. The molecule has 0 saturated carbocycles. The number of carboxylic acid groups (broad SMARTS) is 1. The second-order valence-electron chi connectivity index (χ2n) is 3.71. The van der Waals surface area contributed by atoms with Gasteiger partial charge in [0.15, 0.2) is 0 Å². The van der Waals surface area contributed by atoms with E-state index in [1.54, 1.807) is 6.92 Å². The van der Waals surface area contributed by atoms with Crippen LogP contribution in [-0.2, 0) is 9.53 Å². The monoisotopic (exact) mass is 229 g/mol. The molecule has 1 heterocycles. The first kappa shape index (κ1) is 12.4. The maximum absolute atomic E-state index is 10.7. The van der Waals surface area contributed by atoms with Crippen LogP contribution in [0.3, 0.4) is 0 Å². The molecule has 0 aliphatic carbocycles. The van der Waals surface area contributed by atoms with E-state index in [4.69, 9.17) is 15.3 Å². The van der Waals surface area contributed by atoms with E-state index in [1.165, 1.54) is 0 Å². The minimum Gasteiger partial charge on any atom is -0.477 e. The lowest BCUT2D eigenvalue weighted by atomic mass is 10.1. The van der Waals surface area contributed by atoms with Gasteiger partial charge >= 0.3 is 12.1 Å². The minimum absolute atomic E-state index is 0.136. The number of amides is 1. The molecular weight excluding hydrogens is 214 g/mol. The molecule has 0 bridgehead atoms. The number of aliphatic carboxylic acids is 1. The zero-order valence-corrected chi connectivity index (χ0v) is 8.95. The average molecular weight is 229 g/mol. The molecule has 4 N–H and O–H groups in total. The van der Waals surface area contributed by atoms with Crippen molar-refractivity contribution in [2.45, 2.75) is 25.5 Å². The summed E-state index contributed by atoms with van der Waals surface area (Å²) >= 11 is 0. The topological polar surface area (TPSA) is 112 Å². The van der Waals surface area contributed by atoms with Crippen LogP contribution in [0.1, 0.15) is 13.3 Å². The third-order valence-corrected chi connectivity index (χ3v) is 2.21. The van der Waals surface area contributed by atoms with Gasteiger partial charge in [-0.05, 0) is 6.92 Å². The molecule has 1 aliphatic heterocycles. The predicted molar refractivity (Wildman–Crippen MR) is 55.7 cm³/mol. The molecule has 1 aliphatic rings. The number of carbonyl (C=O) groups is 2. The fourth-order valence-corrected chi connectivity index (χ4v) is 1.34. The lowest BCUT2D eigenvalue weighted by molar-refractivity contribution is -0.129. The minimum atomic E-state index is -1.21. The highest BCUT2D eigenvalue weighted by molar-refractivity contribution is 6.34. The number of ether oxygens (including phenoxy) is 1. The van der Waals surface area contributed by atoms with Gasteiger partial charge in [0.2, 0.25) is 0 Å². The van der Waals surface area contributed by atoms with Gasteiger partial charge in [-0.3, -0.25) is 5.41 Å². The molecule has 0 aromatic rings. The number of hydrogen-bond acceptors (Lipinski definition) is 5. The first-order chi connectivity index (χ1) is 7.49. The van der Waals surface area contributed by atoms with Crippen LogP contribution < -0.4 is 10.6 Å². The smallest absolute Gasteiger partial charge is 0.407 e. The van der Waals surface area contributed by atoms with Crippen LogP contribution >= 0.6 is 0 Å². The van der Waals surface area contributed by atoms with Crippen molar-refractivity contribution in [1.29, 1.82) is 5.41 Å². The summed E-state index contributed by atoms with van der Waals surface area (Å²) in [6, 6.07) is -0.136. The standard InChI is InChI=1S/C9H15N3O4/c1-5(2-7(10)8(13)14)11-3-6-4-12-9(15)16-6/h5-6,10-11H,2-4H2,1H3,(H,12,15)(H,13,14)/t5?,6-/m0/s1. The third kappa shape index (κ3) is 3.85. The Kier molecular flexibility index (Phi) is 4.24. The first-order valence-electron chi connectivity index (χ1n) is 4.97. The van der Waals surface area contributed by atoms with Gasteiger partial charge in [-0.15, -0.1) is 0 Å². The van der Waals surface area contributed by atoms with Crippen molar-refractivity contribution in [3.8, 4) is 0 Å². The van der Waals surface area contributed by atoms with E-state index in [-0.39, 0.29) is 24.3 Å². The molecule has 7 heteroatoms. The van der Waals surface area contributed by atoms with Gasteiger partial charge in [0.25, 0.3) is 0 Å². The van der Waals surface area contributed by atoms with Crippen LogP contribution in [0, 0.1) is 5.41 Å². The van der Waals surface area contributed by atoms with Crippen LogP contribution in [0.2, 0.25) is 0 Å². The Hall–Kier alpha value is -1.63. The van der Waals surface area contributed by atoms with Crippen molar-refractivity contribution < 1.29 is 19.4 Å². The zero-order chi connectivity index (χ0) is 12.1. The van der Waals surface area contributed by atoms with Gasteiger partial charge in [0.05, 0.1) is 6.54 Å². The van der Waals surface area contributed by atoms with E-state index < -0.39 is 12.1 Å². The summed E-state index contributed by atoms with van der Waals surface area (Å²) in [5.41, 5.74) is -0.332. The van der Waals surface area contributed by atoms with Gasteiger partial charge in [-0.1, -0.05) is 0 Å². The molecule has 1 fully saturated rings. The molecule has 0 aromatic heterocycles.